The molecule has 3 nitrogen and oxygen atoms in total. The van der Waals surface area contributed by atoms with Crippen molar-refractivity contribution in [2.24, 2.45) is 0 Å². The van der Waals surface area contributed by atoms with E-state index in [2.05, 4.69) is 13.0 Å². The van der Waals surface area contributed by atoms with Crippen molar-refractivity contribution >= 4 is 11.6 Å². The second-order valence-electron chi connectivity index (χ2n) is 6.01. The summed E-state index contributed by atoms with van der Waals surface area (Å²) in [5.74, 6) is 0.942. The van der Waals surface area contributed by atoms with Crippen LogP contribution in [0.25, 0.3) is 0 Å². The second kappa shape index (κ2) is 6.86. The van der Waals surface area contributed by atoms with E-state index in [1.165, 1.54) is 11.1 Å². The summed E-state index contributed by atoms with van der Waals surface area (Å²) in [5, 5.41) is 0. The Morgan fingerprint density at radius 3 is 2.87 bits per heavy atom. The summed E-state index contributed by atoms with van der Waals surface area (Å²) < 4.78 is 5.30. The molecule has 2 aromatic carbocycles. The monoisotopic (exact) mass is 309 g/mol. The van der Waals surface area contributed by atoms with E-state index in [0.717, 1.165) is 49.2 Å². The summed E-state index contributed by atoms with van der Waals surface area (Å²) in [6.07, 6.45) is 4.08. The molecule has 0 atom stereocenters. The number of ether oxygens (including phenoxy) is 1. The van der Waals surface area contributed by atoms with Crippen LogP contribution in [0.15, 0.2) is 42.5 Å². The molecule has 1 heterocycles. The number of methoxy groups -OCH3 is 1. The van der Waals surface area contributed by atoms with E-state index in [1.807, 2.05) is 41.3 Å². The molecule has 3 rings (SSSR count). The zero-order valence-corrected chi connectivity index (χ0v) is 13.8. The van der Waals surface area contributed by atoms with Crippen LogP contribution >= 0.6 is 0 Å². The fourth-order valence-electron chi connectivity index (χ4n) is 3.22. The molecular weight excluding hydrogens is 286 g/mol. The van der Waals surface area contributed by atoms with E-state index < -0.39 is 0 Å². The highest BCUT2D eigenvalue weighted by molar-refractivity contribution is 6.06. The van der Waals surface area contributed by atoms with Crippen LogP contribution in [0.5, 0.6) is 5.75 Å². The van der Waals surface area contributed by atoms with Gasteiger partial charge in [-0.2, -0.15) is 0 Å². The zero-order chi connectivity index (χ0) is 16.2. The van der Waals surface area contributed by atoms with Gasteiger partial charge in [0, 0.05) is 17.8 Å². The van der Waals surface area contributed by atoms with Gasteiger partial charge in [0.25, 0.3) is 5.91 Å². The number of carbonyl (C=O) groups is 1. The minimum Gasteiger partial charge on any atom is -0.497 e. The molecular formula is C20H23NO2. The first-order chi connectivity index (χ1) is 11.2. The van der Waals surface area contributed by atoms with E-state index in [0.29, 0.717) is 0 Å². The van der Waals surface area contributed by atoms with Crippen LogP contribution in [0.1, 0.15) is 41.3 Å². The standard InChI is InChI=1S/C20H23NO2/c1-3-6-15-7-4-8-17(13-15)20(22)21-12-5-9-16-14-18(23-2)10-11-19(16)21/h4,7-8,10-11,13-14H,3,5-6,9,12H2,1-2H3. The molecule has 1 aliphatic rings. The number of aryl methyl sites for hydroxylation is 2. The highest BCUT2D eigenvalue weighted by Crippen LogP contribution is 2.31. The number of anilines is 1. The van der Waals surface area contributed by atoms with Crippen molar-refractivity contribution in [3.05, 3.63) is 59.2 Å². The number of benzene rings is 2. The third kappa shape index (κ3) is 3.24. The van der Waals surface area contributed by atoms with Gasteiger partial charge in [-0.3, -0.25) is 4.79 Å². The summed E-state index contributed by atoms with van der Waals surface area (Å²) in [4.78, 5) is 14.9. The lowest BCUT2D eigenvalue weighted by molar-refractivity contribution is 0.0985. The molecule has 0 saturated heterocycles. The lowest BCUT2D eigenvalue weighted by Gasteiger charge is -2.30. The van der Waals surface area contributed by atoms with Crippen molar-refractivity contribution in [1.29, 1.82) is 0 Å². The largest absolute Gasteiger partial charge is 0.497 e. The predicted molar refractivity (Wildman–Crippen MR) is 93.4 cm³/mol. The van der Waals surface area contributed by atoms with Crippen molar-refractivity contribution in [2.45, 2.75) is 32.6 Å². The van der Waals surface area contributed by atoms with Gasteiger partial charge in [-0.25, -0.2) is 0 Å². The van der Waals surface area contributed by atoms with Crippen LogP contribution in [-0.2, 0) is 12.8 Å². The van der Waals surface area contributed by atoms with Crippen molar-refractivity contribution in [2.75, 3.05) is 18.6 Å². The van der Waals surface area contributed by atoms with Crippen molar-refractivity contribution in [3.8, 4) is 5.75 Å². The highest BCUT2D eigenvalue weighted by atomic mass is 16.5. The minimum absolute atomic E-state index is 0.0917. The number of carbonyl (C=O) groups excluding carboxylic acids is 1. The molecule has 1 amide bonds. The van der Waals surface area contributed by atoms with Crippen LogP contribution in [0.2, 0.25) is 0 Å². The molecule has 0 aliphatic carbocycles. The number of hydrogen-bond donors (Lipinski definition) is 0. The maximum Gasteiger partial charge on any atom is 0.258 e. The molecule has 3 heteroatoms. The molecule has 0 spiro atoms. The molecule has 0 saturated carbocycles. The van der Waals surface area contributed by atoms with Crippen LogP contribution in [0.4, 0.5) is 5.69 Å². The van der Waals surface area contributed by atoms with Crippen LogP contribution < -0.4 is 9.64 Å². The van der Waals surface area contributed by atoms with E-state index in [4.69, 9.17) is 4.74 Å². The highest BCUT2D eigenvalue weighted by Gasteiger charge is 2.24. The number of fused-ring (bicyclic) bond motifs is 1. The third-order valence-electron chi connectivity index (χ3n) is 4.36. The first-order valence-electron chi connectivity index (χ1n) is 8.30. The van der Waals surface area contributed by atoms with Gasteiger partial charge in [0.2, 0.25) is 0 Å². The Morgan fingerprint density at radius 2 is 2.09 bits per heavy atom. The maximum absolute atomic E-state index is 13.0. The fraction of sp³-hybridized carbons (Fsp3) is 0.350. The van der Waals surface area contributed by atoms with E-state index >= 15 is 0 Å². The average molecular weight is 309 g/mol. The Bertz CT molecular complexity index is 709. The maximum atomic E-state index is 13.0. The topological polar surface area (TPSA) is 29.5 Å². The molecule has 2 aromatic rings. The summed E-state index contributed by atoms with van der Waals surface area (Å²) in [6, 6.07) is 14.0. The van der Waals surface area contributed by atoms with Gasteiger partial charge in [0.05, 0.1) is 7.11 Å². The molecule has 0 N–H and O–H groups in total. The lowest BCUT2D eigenvalue weighted by atomic mass is 9.99. The molecule has 0 unspecified atom stereocenters. The zero-order valence-electron chi connectivity index (χ0n) is 13.8. The van der Waals surface area contributed by atoms with Crippen LogP contribution in [-0.4, -0.2) is 19.6 Å². The summed E-state index contributed by atoms with van der Waals surface area (Å²) in [7, 11) is 1.67. The molecule has 0 aromatic heterocycles. The van der Waals surface area contributed by atoms with Gasteiger partial charge < -0.3 is 9.64 Å². The Kier molecular flexibility index (Phi) is 4.65. The van der Waals surface area contributed by atoms with E-state index in [-0.39, 0.29) is 5.91 Å². The molecule has 23 heavy (non-hydrogen) atoms. The van der Waals surface area contributed by atoms with Gasteiger partial charge in [0.1, 0.15) is 5.75 Å². The predicted octanol–water partition coefficient (Wildman–Crippen LogP) is 4.24. The normalized spacial score (nSPS) is 13.6. The minimum atomic E-state index is 0.0917. The SMILES string of the molecule is CCCc1cccc(C(=O)N2CCCc3cc(OC)ccc32)c1. The number of nitrogens with zero attached hydrogens (tertiary/aromatic N) is 1. The van der Waals surface area contributed by atoms with Gasteiger partial charge in [-0.05, 0) is 60.7 Å². The van der Waals surface area contributed by atoms with Gasteiger partial charge in [-0.15, -0.1) is 0 Å². The molecule has 0 fully saturated rings. The van der Waals surface area contributed by atoms with E-state index in [1.54, 1.807) is 7.11 Å². The number of hydrogen-bond acceptors (Lipinski definition) is 2. The summed E-state index contributed by atoms with van der Waals surface area (Å²) in [5.41, 5.74) is 4.21. The Labute approximate surface area is 137 Å². The Balaban J connectivity index is 1.91. The van der Waals surface area contributed by atoms with Crippen molar-refractivity contribution in [1.82, 2.24) is 0 Å². The number of amides is 1. The average Bonchev–Trinajstić information content (AvgIpc) is 2.60. The summed E-state index contributed by atoms with van der Waals surface area (Å²) >= 11 is 0. The summed E-state index contributed by atoms with van der Waals surface area (Å²) in [6.45, 7) is 2.93. The van der Waals surface area contributed by atoms with Crippen LogP contribution in [0, 0.1) is 0 Å². The first-order valence-corrected chi connectivity index (χ1v) is 8.30. The van der Waals surface area contributed by atoms with E-state index in [9.17, 15) is 4.79 Å². The molecule has 1 aliphatic heterocycles. The van der Waals surface area contributed by atoms with Crippen molar-refractivity contribution < 1.29 is 9.53 Å². The van der Waals surface area contributed by atoms with Gasteiger partial charge >= 0.3 is 0 Å². The Hall–Kier alpha value is -2.29. The molecule has 0 radical (unpaired) electrons. The molecule has 120 valence electrons. The quantitative estimate of drug-likeness (QED) is 0.845. The Morgan fingerprint density at radius 1 is 1.22 bits per heavy atom. The first kappa shape index (κ1) is 15.6. The fourth-order valence-corrected chi connectivity index (χ4v) is 3.22. The number of rotatable bonds is 4. The van der Waals surface area contributed by atoms with Crippen LogP contribution in [0.3, 0.4) is 0 Å². The molecule has 0 bridgehead atoms. The van der Waals surface area contributed by atoms with Gasteiger partial charge in [0.15, 0.2) is 0 Å². The van der Waals surface area contributed by atoms with Crippen molar-refractivity contribution in [3.63, 3.8) is 0 Å². The van der Waals surface area contributed by atoms with Gasteiger partial charge in [-0.1, -0.05) is 25.5 Å². The smallest absolute Gasteiger partial charge is 0.258 e. The lowest BCUT2D eigenvalue weighted by Crippen LogP contribution is -2.35. The third-order valence-corrected chi connectivity index (χ3v) is 4.36. The second-order valence-corrected chi connectivity index (χ2v) is 6.01.